The molecule has 3 nitrogen and oxygen atoms in total. The smallest absolute Gasteiger partial charge is 0.184 e. The van der Waals surface area contributed by atoms with E-state index in [0.717, 1.165) is 11.3 Å². The average molecular weight is 264 g/mol. The lowest BCUT2D eigenvalue weighted by atomic mass is 9.80. The molecule has 0 spiro atoms. The Hall–Kier alpha value is -1.06. The Morgan fingerprint density at radius 3 is 2.37 bits per heavy atom. The van der Waals surface area contributed by atoms with Crippen LogP contribution in [0.4, 0.5) is 0 Å². The van der Waals surface area contributed by atoms with E-state index in [1.165, 1.54) is 0 Å². The van der Waals surface area contributed by atoms with Crippen LogP contribution >= 0.6 is 0 Å². The van der Waals surface area contributed by atoms with Gasteiger partial charge in [0.05, 0.1) is 19.8 Å². The fraction of sp³-hybridized carbons (Fsp3) is 0.625. The summed E-state index contributed by atoms with van der Waals surface area (Å²) in [4.78, 5) is 0. The minimum atomic E-state index is -0.272. The highest BCUT2D eigenvalue weighted by Gasteiger charge is 2.40. The van der Waals surface area contributed by atoms with Crippen LogP contribution in [0.1, 0.15) is 39.5 Å². The molecular weight excluding hydrogens is 240 g/mol. The fourth-order valence-corrected chi connectivity index (χ4v) is 2.72. The predicted octanol–water partition coefficient (Wildman–Crippen LogP) is 3.79. The monoisotopic (exact) mass is 264 g/mol. The molecule has 2 rings (SSSR count). The third-order valence-corrected chi connectivity index (χ3v) is 3.64. The molecule has 1 aliphatic heterocycles. The third-order valence-electron chi connectivity index (χ3n) is 3.64. The summed E-state index contributed by atoms with van der Waals surface area (Å²) in [5, 5.41) is 0. The molecule has 0 amide bonds. The molecule has 2 unspecified atom stereocenters. The van der Waals surface area contributed by atoms with E-state index in [2.05, 4.69) is 27.7 Å². The SMILES string of the molecule is COc1ccc(C2OCC(C)(C)C(C(C)C)O2)cc1. The van der Waals surface area contributed by atoms with E-state index in [1.54, 1.807) is 7.11 Å². The number of benzene rings is 1. The van der Waals surface area contributed by atoms with Gasteiger partial charge in [-0.25, -0.2) is 0 Å². The van der Waals surface area contributed by atoms with E-state index >= 15 is 0 Å². The molecule has 1 aromatic carbocycles. The first-order chi connectivity index (χ1) is 8.94. The highest BCUT2D eigenvalue weighted by Crippen LogP contribution is 2.39. The van der Waals surface area contributed by atoms with Crippen molar-refractivity contribution in [3.63, 3.8) is 0 Å². The van der Waals surface area contributed by atoms with Gasteiger partial charge in [-0.05, 0) is 18.1 Å². The fourth-order valence-electron chi connectivity index (χ4n) is 2.72. The summed E-state index contributed by atoms with van der Waals surface area (Å²) in [6.45, 7) is 9.50. The molecule has 1 heterocycles. The van der Waals surface area contributed by atoms with E-state index in [0.29, 0.717) is 12.5 Å². The highest BCUT2D eigenvalue weighted by molar-refractivity contribution is 5.28. The summed E-state index contributed by atoms with van der Waals surface area (Å²) in [6.07, 6.45) is -0.0697. The van der Waals surface area contributed by atoms with E-state index < -0.39 is 0 Å². The van der Waals surface area contributed by atoms with Gasteiger partial charge in [-0.3, -0.25) is 0 Å². The van der Waals surface area contributed by atoms with E-state index in [-0.39, 0.29) is 17.8 Å². The molecule has 1 aromatic rings. The molecule has 0 bridgehead atoms. The van der Waals surface area contributed by atoms with Gasteiger partial charge in [-0.15, -0.1) is 0 Å². The minimum Gasteiger partial charge on any atom is -0.497 e. The van der Waals surface area contributed by atoms with Gasteiger partial charge in [0.25, 0.3) is 0 Å². The van der Waals surface area contributed by atoms with Crippen molar-refractivity contribution in [2.24, 2.45) is 11.3 Å². The molecule has 1 fully saturated rings. The summed E-state index contributed by atoms with van der Waals surface area (Å²) in [7, 11) is 1.67. The second-order valence-electron chi connectivity index (χ2n) is 6.21. The summed E-state index contributed by atoms with van der Waals surface area (Å²) in [5.74, 6) is 1.32. The Morgan fingerprint density at radius 1 is 1.21 bits per heavy atom. The maximum atomic E-state index is 6.16. The Morgan fingerprint density at radius 2 is 1.84 bits per heavy atom. The Kier molecular flexibility index (Phi) is 4.16. The maximum absolute atomic E-state index is 6.16. The second-order valence-corrected chi connectivity index (χ2v) is 6.21. The predicted molar refractivity (Wildman–Crippen MR) is 75.2 cm³/mol. The van der Waals surface area contributed by atoms with Crippen LogP contribution in [-0.4, -0.2) is 19.8 Å². The summed E-state index contributed by atoms with van der Waals surface area (Å²) in [6, 6.07) is 7.87. The molecule has 0 aromatic heterocycles. The number of hydrogen-bond acceptors (Lipinski definition) is 3. The van der Waals surface area contributed by atoms with Crippen LogP contribution in [0.15, 0.2) is 24.3 Å². The molecule has 3 heteroatoms. The number of ether oxygens (including phenoxy) is 3. The van der Waals surface area contributed by atoms with E-state index in [4.69, 9.17) is 14.2 Å². The normalized spacial score (nSPS) is 26.4. The van der Waals surface area contributed by atoms with Crippen molar-refractivity contribution in [2.75, 3.05) is 13.7 Å². The number of rotatable bonds is 3. The van der Waals surface area contributed by atoms with Gasteiger partial charge in [-0.2, -0.15) is 0 Å². The number of hydrogen-bond donors (Lipinski definition) is 0. The van der Waals surface area contributed by atoms with Crippen molar-refractivity contribution < 1.29 is 14.2 Å². The van der Waals surface area contributed by atoms with Crippen LogP contribution in [0.25, 0.3) is 0 Å². The molecule has 0 radical (unpaired) electrons. The zero-order valence-corrected chi connectivity index (χ0v) is 12.5. The average Bonchev–Trinajstić information content (AvgIpc) is 2.38. The zero-order valence-electron chi connectivity index (χ0n) is 12.5. The molecule has 0 aliphatic carbocycles. The molecule has 1 aliphatic rings. The first kappa shape index (κ1) is 14.4. The lowest BCUT2D eigenvalue weighted by Gasteiger charge is -2.44. The van der Waals surface area contributed by atoms with Crippen molar-refractivity contribution in [2.45, 2.75) is 40.1 Å². The second kappa shape index (κ2) is 5.51. The molecule has 2 atom stereocenters. The van der Waals surface area contributed by atoms with Crippen molar-refractivity contribution in [3.8, 4) is 5.75 Å². The Balaban J connectivity index is 2.13. The van der Waals surface area contributed by atoms with E-state index in [1.807, 2.05) is 24.3 Å². The highest BCUT2D eigenvalue weighted by atomic mass is 16.7. The molecular formula is C16H24O3. The van der Waals surface area contributed by atoms with Crippen LogP contribution in [0.5, 0.6) is 5.75 Å². The topological polar surface area (TPSA) is 27.7 Å². The van der Waals surface area contributed by atoms with Crippen molar-refractivity contribution in [1.29, 1.82) is 0 Å². The molecule has 0 saturated carbocycles. The zero-order chi connectivity index (χ0) is 14.0. The Bertz CT molecular complexity index is 409. The summed E-state index contributed by atoms with van der Waals surface area (Å²) >= 11 is 0. The van der Waals surface area contributed by atoms with Crippen molar-refractivity contribution >= 4 is 0 Å². The van der Waals surface area contributed by atoms with Gasteiger partial charge in [0, 0.05) is 11.0 Å². The van der Waals surface area contributed by atoms with Gasteiger partial charge >= 0.3 is 0 Å². The first-order valence-electron chi connectivity index (χ1n) is 6.85. The van der Waals surface area contributed by atoms with Crippen molar-refractivity contribution in [1.82, 2.24) is 0 Å². The van der Waals surface area contributed by atoms with E-state index in [9.17, 15) is 0 Å². The first-order valence-corrected chi connectivity index (χ1v) is 6.85. The third kappa shape index (κ3) is 3.10. The summed E-state index contributed by atoms with van der Waals surface area (Å²) in [5.41, 5.74) is 1.10. The van der Waals surface area contributed by atoms with Crippen molar-refractivity contribution in [3.05, 3.63) is 29.8 Å². The lowest BCUT2D eigenvalue weighted by molar-refractivity contribution is -0.274. The maximum Gasteiger partial charge on any atom is 0.184 e. The van der Waals surface area contributed by atoms with Crippen LogP contribution in [0.3, 0.4) is 0 Å². The van der Waals surface area contributed by atoms with Gasteiger partial charge in [0.1, 0.15) is 5.75 Å². The van der Waals surface area contributed by atoms with Gasteiger partial charge in [0.15, 0.2) is 6.29 Å². The molecule has 1 saturated heterocycles. The Labute approximate surface area is 115 Å². The lowest BCUT2D eigenvalue weighted by Crippen LogP contribution is -2.45. The number of methoxy groups -OCH3 is 1. The van der Waals surface area contributed by atoms with Gasteiger partial charge in [-0.1, -0.05) is 39.8 Å². The largest absolute Gasteiger partial charge is 0.497 e. The summed E-state index contributed by atoms with van der Waals surface area (Å²) < 4.78 is 17.2. The molecule has 106 valence electrons. The van der Waals surface area contributed by atoms with Gasteiger partial charge < -0.3 is 14.2 Å². The minimum absolute atomic E-state index is 0.0527. The quantitative estimate of drug-likeness (QED) is 0.831. The molecule has 19 heavy (non-hydrogen) atoms. The van der Waals surface area contributed by atoms with Crippen LogP contribution in [0.2, 0.25) is 0 Å². The van der Waals surface area contributed by atoms with Gasteiger partial charge in [0.2, 0.25) is 0 Å². The molecule has 0 N–H and O–H groups in total. The van der Waals surface area contributed by atoms with Crippen LogP contribution in [-0.2, 0) is 9.47 Å². The van der Waals surface area contributed by atoms with Crippen LogP contribution < -0.4 is 4.74 Å². The van der Waals surface area contributed by atoms with Crippen LogP contribution in [0, 0.1) is 11.3 Å². The standard InChI is InChI=1S/C16H24O3/c1-11(2)14-16(3,4)10-18-15(19-14)12-6-8-13(17-5)9-7-12/h6-9,11,14-15H,10H2,1-5H3.